The van der Waals surface area contributed by atoms with E-state index in [4.69, 9.17) is 16.3 Å². The van der Waals surface area contributed by atoms with E-state index in [1.807, 2.05) is 18.2 Å². The van der Waals surface area contributed by atoms with Gasteiger partial charge in [-0.25, -0.2) is 8.42 Å². The van der Waals surface area contributed by atoms with Crippen molar-refractivity contribution in [1.82, 2.24) is 10.2 Å². The molecule has 4 aromatic carbocycles. The third-order valence-electron chi connectivity index (χ3n) is 6.43. The van der Waals surface area contributed by atoms with Crippen LogP contribution in [0.2, 0.25) is 5.02 Å². The van der Waals surface area contributed by atoms with Gasteiger partial charge in [-0.15, -0.1) is 0 Å². The lowest BCUT2D eigenvalue weighted by Crippen LogP contribution is -2.50. The zero-order valence-electron chi connectivity index (χ0n) is 22.6. The Balaban J connectivity index is 1.69. The minimum Gasteiger partial charge on any atom is -0.457 e. The molecule has 0 saturated carbocycles. The van der Waals surface area contributed by atoms with E-state index in [-0.39, 0.29) is 17.1 Å². The second-order valence-corrected chi connectivity index (χ2v) is 11.4. The normalized spacial score (nSPS) is 11.8. The molecule has 0 spiro atoms. The van der Waals surface area contributed by atoms with Crippen LogP contribution in [-0.2, 0) is 26.2 Å². The third-order valence-corrected chi connectivity index (χ3v) is 8.58. The molecular formula is C31H30ClN3O5S. The van der Waals surface area contributed by atoms with Crippen molar-refractivity contribution in [2.75, 3.05) is 17.9 Å². The number of benzene rings is 4. The molecule has 41 heavy (non-hydrogen) atoms. The molecule has 1 atom stereocenters. The van der Waals surface area contributed by atoms with Gasteiger partial charge in [0.25, 0.3) is 10.0 Å². The summed E-state index contributed by atoms with van der Waals surface area (Å²) in [6.07, 6.45) is 0. The lowest BCUT2D eigenvalue weighted by atomic mass is 10.1. The quantitative estimate of drug-likeness (QED) is 0.249. The molecule has 4 rings (SSSR count). The minimum absolute atomic E-state index is 0.0101. The summed E-state index contributed by atoms with van der Waals surface area (Å²) in [6.45, 7) is 1.04. The fraction of sp³-hybridized carbons (Fsp3) is 0.161. The molecule has 8 nitrogen and oxygen atoms in total. The van der Waals surface area contributed by atoms with Crippen molar-refractivity contribution < 1.29 is 22.7 Å². The number of hydrogen-bond acceptors (Lipinski definition) is 5. The average molecular weight is 592 g/mol. The van der Waals surface area contributed by atoms with Gasteiger partial charge >= 0.3 is 0 Å². The van der Waals surface area contributed by atoms with E-state index in [1.54, 1.807) is 85.8 Å². The van der Waals surface area contributed by atoms with Gasteiger partial charge in [-0.1, -0.05) is 66.2 Å². The largest absolute Gasteiger partial charge is 0.457 e. The Morgan fingerprint density at radius 1 is 0.829 bits per heavy atom. The van der Waals surface area contributed by atoms with Crippen LogP contribution in [0.5, 0.6) is 11.5 Å². The van der Waals surface area contributed by atoms with Crippen LogP contribution in [0.1, 0.15) is 12.5 Å². The van der Waals surface area contributed by atoms with Crippen LogP contribution >= 0.6 is 11.6 Å². The number of halogens is 1. The zero-order valence-corrected chi connectivity index (χ0v) is 24.2. The molecule has 0 bridgehead atoms. The van der Waals surface area contributed by atoms with E-state index in [0.717, 1.165) is 4.31 Å². The molecule has 0 fully saturated rings. The molecule has 0 heterocycles. The molecular weight excluding hydrogens is 562 g/mol. The number of likely N-dealkylation sites (N-methyl/N-ethyl adjacent to an activating group) is 1. The molecule has 2 amide bonds. The molecule has 0 aliphatic carbocycles. The summed E-state index contributed by atoms with van der Waals surface area (Å²) in [5, 5.41) is 2.98. The number of carbonyl (C=O) groups excluding carboxylic acids is 2. The van der Waals surface area contributed by atoms with Gasteiger partial charge in [-0.05, 0) is 67.1 Å². The summed E-state index contributed by atoms with van der Waals surface area (Å²) < 4.78 is 34.6. The number of nitrogens with zero attached hydrogens (tertiary/aromatic N) is 2. The zero-order chi connectivity index (χ0) is 29.4. The Morgan fingerprint density at radius 2 is 1.39 bits per heavy atom. The van der Waals surface area contributed by atoms with E-state index >= 15 is 0 Å². The molecule has 0 saturated heterocycles. The van der Waals surface area contributed by atoms with Crippen LogP contribution in [0.25, 0.3) is 0 Å². The Kier molecular flexibility index (Phi) is 9.65. The highest BCUT2D eigenvalue weighted by molar-refractivity contribution is 7.92. The first-order valence-corrected chi connectivity index (χ1v) is 14.7. The van der Waals surface area contributed by atoms with E-state index in [2.05, 4.69) is 5.32 Å². The van der Waals surface area contributed by atoms with Gasteiger partial charge < -0.3 is 15.0 Å². The first-order valence-electron chi connectivity index (χ1n) is 12.9. The molecule has 0 radical (unpaired) electrons. The second-order valence-electron chi connectivity index (χ2n) is 9.14. The van der Waals surface area contributed by atoms with Crippen molar-refractivity contribution in [1.29, 1.82) is 0 Å². The maximum absolute atomic E-state index is 13.9. The first kappa shape index (κ1) is 29.6. The van der Waals surface area contributed by atoms with Gasteiger partial charge in [0.05, 0.1) is 10.6 Å². The van der Waals surface area contributed by atoms with Crippen LogP contribution in [0.3, 0.4) is 0 Å². The highest BCUT2D eigenvalue weighted by Gasteiger charge is 2.32. The molecule has 4 aromatic rings. The van der Waals surface area contributed by atoms with Gasteiger partial charge in [0.2, 0.25) is 11.8 Å². The standard InChI is InChI=1S/C31H30ClN3O5S/c1-23(31(37)33-2)34(21-24-11-9-10-16-29(24)32)30(36)22-35(41(38,39)28-14-7-4-8-15-28)25-17-19-27(20-18-25)40-26-12-5-3-6-13-26/h3-20,23H,21-22H2,1-2H3,(H,33,37)/t23-/m1/s1. The van der Waals surface area contributed by atoms with Crippen molar-refractivity contribution in [2.45, 2.75) is 24.4 Å². The van der Waals surface area contributed by atoms with Crippen LogP contribution in [0, 0.1) is 0 Å². The lowest BCUT2D eigenvalue weighted by Gasteiger charge is -2.32. The van der Waals surface area contributed by atoms with Crippen molar-refractivity contribution in [3.8, 4) is 11.5 Å². The monoisotopic (exact) mass is 591 g/mol. The highest BCUT2D eigenvalue weighted by Crippen LogP contribution is 2.29. The number of para-hydroxylation sites is 1. The number of carbonyl (C=O) groups is 2. The number of sulfonamides is 1. The van der Waals surface area contributed by atoms with Crippen molar-refractivity contribution in [2.24, 2.45) is 0 Å². The van der Waals surface area contributed by atoms with Gasteiger partial charge in [0.1, 0.15) is 24.1 Å². The summed E-state index contributed by atoms with van der Waals surface area (Å²) in [4.78, 5) is 27.8. The minimum atomic E-state index is -4.17. The lowest BCUT2D eigenvalue weighted by molar-refractivity contribution is -0.139. The average Bonchev–Trinajstić information content (AvgIpc) is 3.00. The SMILES string of the molecule is CNC(=O)[C@@H](C)N(Cc1ccccc1Cl)C(=O)CN(c1ccc(Oc2ccccc2)cc1)S(=O)(=O)c1ccccc1. The van der Waals surface area contributed by atoms with Gasteiger partial charge in [-0.3, -0.25) is 13.9 Å². The third kappa shape index (κ3) is 7.25. The molecule has 0 unspecified atom stereocenters. The Labute approximate surface area is 245 Å². The number of amides is 2. The van der Waals surface area contributed by atoms with Gasteiger partial charge in [0, 0.05) is 18.6 Å². The van der Waals surface area contributed by atoms with Crippen LogP contribution < -0.4 is 14.4 Å². The molecule has 0 aliphatic heterocycles. The Hall–Kier alpha value is -4.34. The summed E-state index contributed by atoms with van der Waals surface area (Å²) >= 11 is 6.36. The number of hydrogen-bond donors (Lipinski definition) is 1. The Morgan fingerprint density at radius 3 is 2.00 bits per heavy atom. The molecule has 0 aromatic heterocycles. The summed E-state index contributed by atoms with van der Waals surface area (Å²) in [5.74, 6) is 0.148. The van der Waals surface area contributed by atoms with Crippen LogP contribution in [-0.4, -0.2) is 44.8 Å². The van der Waals surface area contributed by atoms with E-state index in [9.17, 15) is 18.0 Å². The number of rotatable bonds is 11. The predicted octanol–water partition coefficient (Wildman–Crippen LogP) is 5.49. The van der Waals surface area contributed by atoms with E-state index in [1.165, 1.54) is 24.1 Å². The fourth-order valence-electron chi connectivity index (χ4n) is 4.16. The van der Waals surface area contributed by atoms with E-state index < -0.39 is 34.4 Å². The smallest absolute Gasteiger partial charge is 0.264 e. The fourth-order valence-corrected chi connectivity index (χ4v) is 5.79. The molecule has 10 heteroatoms. The molecule has 0 aliphatic rings. The molecule has 212 valence electrons. The highest BCUT2D eigenvalue weighted by atomic mass is 35.5. The molecule has 1 N–H and O–H groups in total. The summed E-state index contributed by atoms with van der Waals surface area (Å²) in [6, 6.07) is 29.5. The maximum atomic E-state index is 13.9. The maximum Gasteiger partial charge on any atom is 0.264 e. The number of ether oxygens (including phenoxy) is 1. The van der Waals surface area contributed by atoms with Crippen LogP contribution in [0.15, 0.2) is 114 Å². The first-order chi connectivity index (χ1) is 19.7. The van der Waals surface area contributed by atoms with E-state index in [0.29, 0.717) is 22.1 Å². The summed E-state index contributed by atoms with van der Waals surface area (Å²) in [5.41, 5.74) is 0.881. The second kappa shape index (κ2) is 13.3. The van der Waals surface area contributed by atoms with Gasteiger partial charge in [0.15, 0.2) is 0 Å². The van der Waals surface area contributed by atoms with Crippen molar-refractivity contribution in [3.63, 3.8) is 0 Å². The predicted molar refractivity (Wildman–Crippen MR) is 159 cm³/mol. The topological polar surface area (TPSA) is 96.0 Å². The number of anilines is 1. The number of nitrogens with one attached hydrogen (secondary N) is 1. The van der Waals surface area contributed by atoms with Crippen molar-refractivity contribution in [3.05, 3.63) is 120 Å². The summed E-state index contributed by atoms with van der Waals surface area (Å²) in [7, 11) is -2.69. The Bertz CT molecular complexity index is 1580. The van der Waals surface area contributed by atoms with Gasteiger partial charge in [-0.2, -0.15) is 0 Å². The van der Waals surface area contributed by atoms with Crippen LogP contribution in [0.4, 0.5) is 5.69 Å². The van der Waals surface area contributed by atoms with Crippen molar-refractivity contribution >= 4 is 39.1 Å².